The van der Waals surface area contributed by atoms with Crippen molar-refractivity contribution in [1.29, 1.82) is 0 Å². The fourth-order valence-corrected chi connectivity index (χ4v) is 3.65. The van der Waals surface area contributed by atoms with Gasteiger partial charge in [-0.05, 0) is 53.6 Å². The maximum absolute atomic E-state index is 12.5. The van der Waals surface area contributed by atoms with Crippen LogP contribution >= 0.6 is 11.3 Å². The first-order valence-electron chi connectivity index (χ1n) is 8.24. The van der Waals surface area contributed by atoms with Gasteiger partial charge in [0, 0.05) is 10.6 Å². The van der Waals surface area contributed by atoms with Gasteiger partial charge >= 0.3 is 0 Å². The van der Waals surface area contributed by atoms with Crippen LogP contribution in [-0.2, 0) is 6.61 Å². The second kappa shape index (κ2) is 7.19. The summed E-state index contributed by atoms with van der Waals surface area (Å²) in [6.07, 6.45) is 0. The molecule has 4 rings (SSSR count). The summed E-state index contributed by atoms with van der Waals surface area (Å²) in [5.74, 6) is 1.31. The summed E-state index contributed by atoms with van der Waals surface area (Å²) in [5, 5.41) is 12.1. The molecule has 1 amide bonds. The van der Waals surface area contributed by atoms with Crippen LogP contribution in [0.1, 0.15) is 15.2 Å². The molecule has 0 unspecified atom stereocenters. The Hall–Kier alpha value is -2.83. The molecule has 2 N–H and O–H groups in total. The molecule has 0 bridgehead atoms. The minimum atomic E-state index is -0.172. The van der Waals surface area contributed by atoms with Gasteiger partial charge in [-0.3, -0.25) is 4.79 Å². The van der Waals surface area contributed by atoms with Crippen molar-refractivity contribution in [2.45, 2.75) is 6.61 Å². The zero-order valence-corrected chi connectivity index (χ0v) is 14.7. The third-order valence-electron chi connectivity index (χ3n) is 4.02. The monoisotopic (exact) mass is 367 g/mol. The van der Waals surface area contributed by atoms with E-state index in [-0.39, 0.29) is 12.5 Å². The third kappa shape index (κ3) is 3.42. The number of fused-ring (bicyclic) bond motifs is 1. The normalized spacial score (nSPS) is 12.7. The van der Waals surface area contributed by atoms with Gasteiger partial charge in [0.2, 0.25) is 0 Å². The SMILES string of the molecule is O=C(Nc1cccc(CO)c1)c1ccc(-c2ccc3c(c2)OCCO3)s1. The Morgan fingerprint density at radius 2 is 1.88 bits per heavy atom. The number of thiophene rings is 1. The number of ether oxygens (including phenoxy) is 2. The number of aliphatic hydroxyl groups is 1. The molecule has 5 nitrogen and oxygen atoms in total. The number of aliphatic hydroxyl groups excluding tert-OH is 1. The van der Waals surface area contributed by atoms with E-state index in [9.17, 15) is 9.90 Å². The van der Waals surface area contributed by atoms with Crippen LogP contribution in [0.3, 0.4) is 0 Å². The van der Waals surface area contributed by atoms with Gasteiger partial charge in [0.25, 0.3) is 5.91 Å². The molecule has 26 heavy (non-hydrogen) atoms. The maximum Gasteiger partial charge on any atom is 0.265 e. The Labute approximate surface area is 154 Å². The van der Waals surface area contributed by atoms with Gasteiger partial charge in [-0.25, -0.2) is 0 Å². The highest BCUT2D eigenvalue weighted by molar-refractivity contribution is 7.17. The van der Waals surface area contributed by atoms with E-state index in [0.717, 1.165) is 27.5 Å². The molecular weight excluding hydrogens is 350 g/mol. The Kier molecular flexibility index (Phi) is 4.60. The third-order valence-corrected chi connectivity index (χ3v) is 5.16. The van der Waals surface area contributed by atoms with Gasteiger partial charge in [-0.2, -0.15) is 0 Å². The van der Waals surface area contributed by atoms with Crippen LogP contribution in [0.5, 0.6) is 11.5 Å². The van der Waals surface area contributed by atoms with Crippen molar-refractivity contribution in [3.63, 3.8) is 0 Å². The van der Waals surface area contributed by atoms with Crippen molar-refractivity contribution in [2.24, 2.45) is 0 Å². The number of carbonyl (C=O) groups is 1. The predicted molar refractivity (Wildman–Crippen MR) is 101 cm³/mol. The Bertz CT molecular complexity index is 950. The molecule has 0 radical (unpaired) electrons. The van der Waals surface area contributed by atoms with Crippen LogP contribution in [0.4, 0.5) is 5.69 Å². The van der Waals surface area contributed by atoms with E-state index < -0.39 is 0 Å². The fourth-order valence-electron chi connectivity index (χ4n) is 2.75. The van der Waals surface area contributed by atoms with Gasteiger partial charge < -0.3 is 19.9 Å². The Balaban J connectivity index is 1.53. The zero-order chi connectivity index (χ0) is 17.9. The average molecular weight is 367 g/mol. The standard InChI is InChI=1S/C20H17NO4S/c22-12-13-2-1-3-15(10-13)21-20(23)19-7-6-18(26-19)14-4-5-16-17(11-14)25-9-8-24-16/h1-7,10-11,22H,8-9,12H2,(H,21,23). The average Bonchev–Trinajstić information content (AvgIpc) is 3.18. The van der Waals surface area contributed by atoms with E-state index in [4.69, 9.17) is 9.47 Å². The Morgan fingerprint density at radius 1 is 1.04 bits per heavy atom. The van der Waals surface area contributed by atoms with Crippen molar-refractivity contribution in [1.82, 2.24) is 0 Å². The first-order valence-corrected chi connectivity index (χ1v) is 9.05. The smallest absolute Gasteiger partial charge is 0.265 e. The number of benzene rings is 2. The molecule has 0 aliphatic carbocycles. The highest BCUT2D eigenvalue weighted by Gasteiger charge is 2.15. The number of anilines is 1. The lowest BCUT2D eigenvalue weighted by atomic mass is 10.1. The molecule has 2 aromatic carbocycles. The highest BCUT2D eigenvalue weighted by Crippen LogP contribution is 2.37. The quantitative estimate of drug-likeness (QED) is 0.733. The number of nitrogens with one attached hydrogen (secondary N) is 1. The van der Waals surface area contributed by atoms with Crippen molar-refractivity contribution in [2.75, 3.05) is 18.5 Å². The number of hydrogen-bond donors (Lipinski definition) is 2. The topological polar surface area (TPSA) is 67.8 Å². The van der Waals surface area contributed by atoms with Crippen LogP contribution in [0.2, 0.25) is 0 Å². The van der Waals surface area contributed by atoms with E-state index in [1.165, 1.54) is 11.3 Å². The first kappa shape index (κ1) is 16.6. The molecule has 3 aromatic rings. The molecule has 132 valence electrons. The number of rotatable bonds is 4. The van der Waals surface area contributed by atoms with E-state index in [1.807, 2.05) is 30.3 Å². The van der Waals surface area contributed by atoms with Crippen molar-refractivity contribution >= 4 is 22.9 Å². The molecule has 0 saturated carbocycles. The summed E-state index contributed by atoms with van der Waals surface area (Å²) in [6, 6.07) is 16.7. The first-order chi connectivity index (χ1) is 12.7. The lowest BCUT2D eigenvalue weighted by Gasteiger charge is -2.18. The van der Waals surface area contributed by atoms with E-state index in [2.05, 4.69) is 5.32 Å². The van der Waals surface area contributed by atoms with Gasteiger partial charge in [-0.15, -0.1) is 11.3 Å². The van der Waals surface area contributed by atoms with Crippen LogP contribution in [-0.4, -0.2) is 24.2 Å². The van der Waals surface area contributed by atoms with Crippen molar-refractivity contribution < 1.29 is 19.4 Å². The predicted octanol–water partition coefficient (Wildman–Crippen LogP) is 3.93. The van der Waals surface area contributed by atoms with Crippen molar-refractivity contribution in [3.8, 4) is 21.9 Å². The molecule has 0 fully saturated rings. The van der Waals surface area contributed by atoms with Crippen molar-refractivity contribution in [3.05, 3.63) is 65.0 Å². The van der Waals surface area contributed by atoms with Gasteiger partial charge in [0.1, 0.15) is 13.2 Å². The minimum absolute atomic E-state index is 0.0586. The lowest BCUT2D eigenvalue weighted by molar-refractivity contribution is 0.103. The minimum Gasteiger partial charge on any atom is -0.486 e. The molecule has 0 saturated heterocycles. The zero-order valence-electron chi connectivity index (χ0n) is 13.9. The summed E-state index contributed by atoms with van der Waals surface area (Å²) in [6.45, 7) is 1.05. The summed E-state index contributed by atoms with van der Waals surface area (Å²) in [4.78, 5) is 14.1. The lowest BCUT2D eigenvalue weighted by Crippen LogP contribution is -2.15. The van der Waals surface area contributed by atoms with E-state index >= 15 is 0 Å². The van der Waals surface area contributed by atoms with Crippen LogP contribution in [0.25, 0.3) is 10.4 Å². The molecule has 6 heteroatoms. The fraction of sp³-hybridized carbons (Fsp3) is 0.150. The number of amides is 1. The van der Waals surface area contributed by atoms with Crippen LogP contribution in [0.15, 0.2) is 54.6 Å². The second-order valence-electron chi connectivity index (χ2n) is 5.83. The summed E-state index contributed by atoms with van der Waals surface area (Å²) in [7, 11) is 0. The largest absolute Gasteiger partial charge is 0.486 e. The highest BCUT2D eigenvalue weighted by atomic mass is 32.1. The van der Waals surface area contributed by atoms with Gasteiger partial charge in [0.15, 0.2) is 11.5 Å². The van der Waals surface area contributed by atoms with E-state index in [0.29, 0.717) is 23.8 Å². The summed E-state index contributed by atoms with van der Waals surface area (Å²) in [5.41, 5.74) is 2.40. The number of hydrogen-bond acceptors (Lipinski definition) is 5. The van der Waals surface area contributed by atoms with Crippen LogP contribution < -0.4 is 14.8 Å². The molecule has 1 aromatic heterocycles. The molecule has 0 spiro atoms. The number of carbonyl (C=O) groups excluding carboxylic acids is 1. The molecule has 1 aliphatic heterocycles. The summed E-state index contributed by atoms with van der Waals surface area (Å²) < 4.78 is 11.2. The Morgan fingerprint density at radius 3 is 2.73 bits per heavy atom. The van der Waals surface area contributed by atoms with E-state index in [1.54, 1.807) is 24.3 Å². The molecule has 1 aliphatic rings. The van der Waals surface area contributed by atoms with Crippen LogP contribution in [0, 0.1) is 0 Å². The maximum atomic E-state index is 12.5. The van der Waals surface area contributed by atoms with Gasteiger partial charge in [-0.1, -0.05) is 12.1 Å². The molecular formula is C20H17NO4S. The molecule has 0 atom stereocenters. The van der Waals surface area contributed by atoms with Gasteiger partial charge in [0.05, 0.1) is 11.5 Å². The summed E-state index contributed by atoms with van der Waals surface area (Å²) >= 11 is 1.42. The second-order valence-corrected chi connectivity index (χ2v) is 6.92. The molecule has 2 heterocycles.